The van der Waals surface area contributed by atoms with Crippen LogP contribution in [-0.4, -0.2) is 82.6 Å². The van der Waals surface area contributed by atoms with Crippen LogP contribution < -0.4 is 10.2 Å². The number of carbonyl (C=O) groups is 2. The van der Waals surface area contributed by atoms with Crippen LogP contribution in [0.1, 0.15) is 18.4 Å². The molecule has 0 bridgehead atoms. The molecule has 0 radical (unpaired) electrons. The van der Waals surface area contributed by atoms with Gasteiger partial charge in [-0.05, 0) is 55.1 Å². The topological polar surface area (TPSA) is 102 Å². The number of likely N-dealkylation sites (tertiary alicyclic amines) is 1. The number of anilines is 2. The average molecular weight is 564 g/mol. The molecule has 1 aromatic carbocycles. The van der Waals surface area contributed by atoms with E-state index in [0.29, 0.717) is 81.2 Å². The summed E-state index contributed by atoms with van der Waals surface area (Å²) < 4.78 is 0.981. The number of thiophene rings is 1. The van der Waals surface area contributed by atoms with E-state index in [-0.39, 0.29) is 11.8 Å². The minimum atomic E-state index is -0.739. The fourth-order valence-electron chi connectivity index (χ4n) is 4.74. The van der Waals surface area contributed by atoms with Crippen molar-refractivity contribution in [2.75, 3.05) is 56.0 Å². The van der Waals surface area contributed by atoms with Gasteiger partial charge in [-0.25, -0.2) is 4.98 Å². The normalized spacial score (nSPS) is 17.4. The molecule has 0 aliphatic carbocycles. The van der Waals surface area contributed by atoms with Crippen LogP contribution in [0.2, 0.25) is 10.0 Å². The summed E-state index contributed by atoms with van der Waals surface area (Å²) in [5.41, 5.74) is 1.80. The number of piperazine rings is 1. The molecule has 2 aliphatic rings. The van der Waals surface area contributed by atoms with Crippen LogP contribution >= 0.6 is 34.5 Å². The van der Waals surface area contributed by atoms with Crippen molar-refractivity contribution in [1.82, 2.24) is 19.8 Å². The van der Waals surface area contributed by atoms with Gasteiger partial charge in [0.25, 0.3) is 0 Å². The number of fused-ring (bicyclic) bond motifs is 1. The zero-order chi connectivity index (χ0) is 25.9. The van der Waals surface area contributed by atoms with Gasteiger partial charge in [-0.3, -0.25) is 14.5 Å². The number of hydrogen-bond donors (Lipinski definition) is 2. The second-order valence-corrected chi connectivity index (χ2v) is 11.1. The van der Waals surface area contributed by atoms with Gasteiger partial charge in [0.15, 0.2) is 0 Å². The first kappa shape index (κ1) is 26.0. The number of nitrogens with zero attached hydrogens (tertiary/aromatic N) is 5. The molecule has 2 N–H and O–H groups in total. The second-order valence-electron chi connectivity index (χ2n) is 9.35. The van der Waals surface area contributed by atoms with Gasteiger partial charge in [0.05, 0.1) is 22.7 Å². The summed E-state index contributed by atoms with van der Waals surface area (Å²) in [6, 6.07) is 7.43. The molecule has 2 aliphatic heterocycles. The summed E-state index contributed by atoms with van der Waals surface area (Å²) in [6.45, 7) is 4.62. The number of carboxylic acid groups (broad SMARTS) is 1. The van der Waals surface area contributed by atoms with Gasteiger partial charge in [-0.1, -0.05) is 29.3 Å². The Morgan fingerprint density at radius 2 is 1.81 bits per heavy atom. The Hall–Kier alpha value is -2.66. The number of halogens is 2. The largest absolute Gasteiger partial charge is 0.481 e. The van der Waals surface area contributed by atoms with Crippen LogP contribution in [0.25, 0.3) is 10.2 Å². The molecular formula is C25H28Cl2N6O3S. The molecule has 2 aromatic heterocycles. The van der Waals surface area contributed by atoms with Crippen LogP contribution in [0, 0.1) is 5.92 Å². The average Bonchev–Trinajstić information content (AvgIpc) is 3.37. The number of carbonyl (C=O) groups excluding carboxylic acids is 1. The molecule has 2 fully saturated rings. The fourth-order valence-corrected chi connectivity index (χ4v) is 6.01. The van der Waals surface area contributed by atoms with Crippen molar-refractivity contribution in [2.24, 2.45) is 5.92 Å². The van der Waals surface area contributed by atoms with Gasteiger partial charge in [-0.15, -0.1) is 11.3 Å². The molecule has 5 rings (SSSR count). The van der Waals surface area contributed by atoms with Gasteiger partial charge >= 0.3 is 5.97 Å². The molecular weight excluding hydrogens is 535 g/mol. The van der Waals surface area contributed by atoms with Crippen LogP contribution in [0.5, 0.6) is 0 Å². The third kappa shape index (κ3) is 6.09. The summed E-state index contributed by atoms with van der Waals surface area (Å²) in [4.78, 5) is 39.7. The third-order valence-corrected chi connectivity index (χ3v) is 8.46. The van der Waals surface area contributed by atoms with E-state index in [1.807, 2.05) is 28.5 Å². The maximum absolute atomic E-state index is 12.9. The van der Waals surface area contributed by atoms with Crippen molar-refractivity contribution < 1.29 is 14.7 Å². The van der Waals surface area contributed by atoms with Gasteiger partial charge in [0, 0.05) is 42.8 Å². The van der Waals surface area contributed by atoms with Crippen molar-refractivity contribution in [2.45, 2.75) is 19.4 Å². The molecule has 37 heavy (non-hydrogen) atoms. The predicted molar refractivity (Wildman–Crippen MR) is 147 cm³/mol. The highest BCUT2D eigenvalue weighted by molar-refractivity contribution is 7.17. The van der Waals surface area contributed by atoms with E-state index in [2.05, 4.69) is 15.1 Å². The van der Waals surface area contributed by atoms with Crippen molar-refractivity contribution in [3.05, 3.63) is 45.3 Å². The van der Waals surface area contributed by atoms with E-state index in [0.717, 1.165) is 21.6 Å². The lowest BCUT2D eigenvalue weighted by Crippen LogP contribution is -2.52. The Bertz CT molecular complexity index is 1290. The SMILES string of the molecule is O=C(O)C1CCN(CC(=O)N2CCN(c3nc(NCc4ccc(Cl)cc4Cl)c4sccc4n3)CC2)CC1. The lowest BCUT2D eigenvalue weighted by Gasteiger charge is -2.37. The molecule has 0 unspecified atom stereocenters. The Kier molecular flexibility index (Phi) is 7.99. The number of rotatable bonds is 7. The maximum Gasteiger partial charge on any atom is 0.306 e. The van der Waals surface area contributed by atoms with Gasteiger partial charge < -0.3 is 20.2 Å². The van der Waals surface area contributed by atoms with Crippen molar-refractivity contribution in [1.29, 1.82) is 0 Å². The smallest absolute Gasteiger partial charge is 0.306 e. The lowest BCUT2D eigenvalue weighted by molar-refractivity contribution is -0.143. The standard InChI is InChI=1S/C25H28Cl2N6O3S/c26-18-2-1-17(19(27)13-18)14-28-23-22-20(5-12-37-22)29-25(30-23)33-10-8-32(9-11-33)21(34)15-31-6-3-16(4-7-31)24(35)36/h1-2,5,12-13,16H,3-4,6-11,14-15H2,(H,35,36)(H,28,29,30). The summed E-state index contributed by atoms with van der Waals surface area (Å²) in [6.07, 6.45) is 1.19. The number of carboxylic acids is 1. The third-order valence-electron chi connectivity index (χ3n) is 6.96. The minimum absolute atomic E-state index is 0.0878. The zero-order valence-corrected chi connectivity index (χ0v) is 22.5. The summed E-state index contributed by atoms with van der Waals surface area (Å²) >= 11 is 13.9. The number of hydrogen-bond acceptors (Lipinski definition) is 8. The number of benzene rings is 1. The Morgan fingerprint density at radius 3 is 2.51 bits per heavy atom. The Morgan fingerprint density at radius 1 is 1.05 bits per heavy atom. The minimum Gasteiger partial charge on any atom is -0.481 e. The van der Waals surface area contributed by atoms with E-state index in [1.54, 1.807) is 17.4 Å². The molecule has 9 nitrogen and oxygen atoms in total. The Balaban J connectivity index is 1.20. The zero-order valence-electron chi connectivity index (χ0n) is 20.2. The van der Waals surface area contributed by atoms with Crippen LogP contribution in [0.15, 0.2) is 29.6 Å². The molecule has 0 saturated carbocycles. The molecule has 0 spiro atoms. The molecule has 2 saturated heterocycles. The number of aromatic nitrogens is 2. The van der Waals surface area contributed by atoms with Crippen molar-refractivity contribution in [3.63, 3.8) is 0 Å². The molecule has 3 aromatic rings. The number of aliphatic carboxylic acids is 1. The monoisotopic (exact) mass is 562 g/mol. The first-order valence-corrected chi connectivity index (χ1v) is 13.9. The molecule has 4 heterocycles. The van der Waals surface area contributed by atoms with Gasteiger partial charge in [-0.2, -0.15) is 4.98 Å². The van der Waals surface area contributed by atoms with Gasteiger partial charge in [0.2, 0.25) is 11.9 Å². The van der Waals surface area contributed by atoms with Crippen LogP contribution in [0.4, 0.5) is 11.8 Å². The quantitative estimate of drug-likeness (QED) is 0.444. The molecule has 196 valence electrons. The van der Waals surface area contributed by atoms with E-state index in [4.69, 9.17) is 33.2 Å². The summed E-state index contributed by atoms with van der Waals surface area (Å²) in [5, 5.41) is 15.8. The predicted octanol–water partition coefficient (Wildman–Crippen LogP) is 4.06. The number of nitrogens with one attached hydrogen (secondary N) is 1. The highest BCUT2D eigenvalue weighted by Gasteiger charge is 2.28. The molecule has 12 heteroatoms. The number of piperidine rings is 1. The van der Waals surface area contributed by atoms with Crippen LogP contribution in [-0.2, 0) is 16.1 Å². The molecule has 1 amide bonds. The highest BCUT2D eigenvalue weighted by atomic mass is 35.5. The van der Waals surface area contributed by atoms with Crippen LogP contribution in [0.3, 0.4) is 0 Å². The van der Waals surface area contributed by atoms with Gasteiger partial charge in [0.1, 0.15) is 5.82 Å². The van der Waals surface area contributed by atoms with E-state index in [9.17, 15) is 14.7 Å². The first-order chi connectivity index (χ1) is 17.9. The van der Waals surface area contributed by atoms with Crippen molar-refractivity contribution in [3.8, 4) is 0 Å². The van der Waals surface area contributed by atoms with E-state index >= 15 is 0 Å². The summed E-state index contributed by atoms with van der Waals surface area (Å²) in [7, 11) is 0. The van der Waals surface area contributed by atoms with E-state index in [1.165, 1.54) is 0 Å². The fraction of sp³-hybridized carbons (Fsp3) is 0.440. The molecule has 0 atom stereocenters. The van der Waals surface area contributed by atoms with Crippen molar-refractivity contribution >= 4 is 68.4 Å². The Labute approximate surface area is 229 Å². The number of amides is 1. The second kappa shape index (κ2) is 11.4. The lowest BCUT2D eigenvalue weighted by atomic mass is 9.97. The first-order valence-electron chi connectivity index (χ1n) is 12.3. The van der Waals surface area contributed by atoms with E-state index < -0.39 is 5.97 Å². The summed E-state index contributed by atoms with van der Waals surface area (Å²) in [5.74, 6) is 0.447. The highest BCUT2D eigenvalue weighted by Crippen LogP contribution is 2.30. The maximum atomic E-state index is 12.9.